The predicted octanol–water partition coefficient (Wildman–Crippen LogP) is 23.9. The molecule has 0 saturated heterocycles. The summed E-state index contributed by atoms with van der Waals surface area (Å²) in [5.41, 5.74) is 0. The van der Waals surface area contributed by atoms with Crippen LogP contribution in [-0.4, -0.2) is 87.4 Å². The Balaban J connectivity index is 4.20. The molecule has 0 saturated carbocycles. The van der Waals surface area contributed by atoms with E-state index in [1.54, 1.807) is 0 Å². The van der Waals surface area contributed by atoms with Crippen LogP contribution in [-0.2, 0) is 33.3 Å². The van der Waals surface area contributed by atoms with E-state index in [2.05, 4.69) is 220 Å². The van der Waals surface area contributed by atoms with Gasteiger partial charge in [0.1, 0.15) is 13.2 Å². The van der Waals surface area contributed by atoms with E-state index in [9.17, 15) is 19.5 Å². The summed E-state index contributed by atoms with van der Waals surface area (Å²) in [6, 6.07) is 0. The summed E-state index contributed by atoms with van der Waals surface area (Å²) in [5, 5.41) is 9.76. The van der Waals surface area contributed by atoms with Crippen molar-refractivity contribution < 1.29 is 42.9 Å². The number of allylic oxidation sites excluding steroid dienone is 34. The summed E-state index contributed by atoms with van der Waals surface area (Å²) in [7, 11) is 5.95. The number of esters is 2. The quantitative estimate of drug-likeness (QED) is 0.0211. The van der Waals surface area contributed by atoms with Gasteiger partial charge in [-0.3, -0.25) is 9.59 Å². The Hall–Kier alpha value is -6.13. The van der Waals surface area contributed by atoms with Crippen molar-refractivity contribution in [3.8, 4) is 0 Å². The van der Waals surface area contributed by atoms with Crippen molar-refractivity contribution in [2.75, 3.05) is 47.5 Å². The van der Waals surface area contributed by atoms with Crippen LogP contribution >= 0.6 is 0 Å². The zero-order valence-corrected chi connectivity index (χ0v) is 60.7. The average molecular weight is 1310 g/mol. The molecule has 0 aromatic heterocycles. The third-order valence-corrected chi connectivity index (χ3v) is 15.0. The Morgan fingerprint density at radius 1 is 0.316 bits per heavy atom. The van der Waals surface area contributed by atoms with Gasteiger partial charge in [0, 0.05) is 12.8 Å². The molecule has 0 aliphatic rings. The molecular weight excluding hydrogens is 1170 g/mol. The van der Waals surface area contributed by atoms with E-state index in [0.29, 0.717) is 17.4 Å². The fraction of sp³-hybridized carbons (Fsp3) is 0.570. The van der Waals surface area contributed by atoms with Gasteiger partial charge < -0.3 is 28.5 Å². The number of quaternary nitrogens is 1. The first kappa shape index (κ1) is 88.9. The number of aliphatic carboxylic acids is 1. The van der Waals surface area contributed by atoms with Crippen LogP contribution in [0.3, 0.4) is 0 Å². The van der Waals surface area contributed by atoms with Crippen LogP contribution in [0.25, 0.3) is 0 Å². The fourth-order valence-corrected chi connectivity index (χ4v) is 9.43. The Morgan fingerprint density at radius 2 is 0.568 bits per heavy atom. The molecule has 0 radical (unpaired) electrons. The first-order chi connectivity index (χ1) is 46.6. The molecule has 0 aromatic carbocycles. The number of hydrogen-bond donors (Lipinski definition) is 1. The number of hydrogen-bond acceptors (Lipinski definition) is 7. The molecule has 2 atom stereocenters. The van der Waals surface area contributed by atoms with Gasteiger partial charge in [-0.1, -0.05) is 304 Å². The number of carbonyl (C=O) groups excluding carboxylic acids is 2. The van der Waals surface area contributed by atoms with Crippen LogP contribution in [0.15, 0.2) is 207 Å². The average Bonchev–Trinajstić information content (AvgIpc) is 3.24. The lowest BCUT2D eigenvalue weighted by Gasteiger charge is -2.25. The van der Waals surface area contributed by atoms with Crippen LogP contribution in [0.5, 0.6) is 0 Å². The fourth-order valence-electron chi connectivity index (χ4n) is 9.43. The summed E-state index contributed by atoms with van der Waals surface area (Å²) in [6.45, 7) is 4.59. The molecule has 9 nitrogen and oxygen atoms in total. The second-order valence-corrected chi connectivity index (χ2v) is 25.1. The molecular formula is C86H136NO8+. The van der Waals surface area contributed by atoms with E-state index in [1.165, 1.54) is 77.0 Å². The maximum atomic E-state index is 12.9. The maximum absolute atomic E-state index is 12.9. The minimum absolute atomic E-state index is 0.170. The van der Waals surface area contributed by atoms with Gasteiger partial charge in [0.25, 0.3) is 6.29 Å². The molecule has 0 spiro atoms. The summed E-state index contributed by atoms with van der Waals surface area (Å²) in [5.74, 6) is -2.07. The lowest BCUT2D eigenvalue weighted by atomic mass is 10.0. The number of rotatable bonds is 66. The zero-order valence-electron chi connectivity index (χ0n) is 60.7. The molecule has 0 bridgehead atoms. The van der Waals surface area contributed by atoms with Gasteiger partial charge in [0.2, 0.25) is 0 Å². The normalized spacial score (nSPS) is 13.9. The first-order valence-corrected chi connectivity index (χ1v) is 37.2. The van der Waals surface area contributed by atoms with Crippen LogP contribution in [0.2, 0.25) is 0 Å². The number of nitrogens with zero attached hydrogens (tertiary/aromatic N) is 1. The van der Waals surface area contributed by atoms with Crippen molar-refractivity contribution in [1.29, 1.82) is 0 Å². The Labute approximate surface area is 582 Å². The van der Waals surface area contributed by atoms with Gasteiger partial charge in [-0.05, 0) is 148 Å². The summed E-state index contributed by atoms with van der Waals surface area (Å²) >= 11 is 0. The van der Waals surface area contributed by atoms with Gasteiger partial charge in [0.15, 0.2) is 6.10 Å². The van der Waals surface area contributed by atoms with E-state index in [0.717, 1.165) is 148 Å². The summed E-state index contributed by atoms with van der Waals surface area (Å²) < 4.78 is 22.9. The highest BCUT2D eigenvalue weighted by Crippen LogP contribution is 2.16. The van der Waals surface area contributed by atoms with Crippen molar-refractivity contribution in [2.24, 2.45) is 0 Å². The smallest absolute Gasteiger partial charge is 0.361 e. The zero-order chi connectivity index (χ0) is 69.0. The number of ether oxygens (including phenoxy) is 4. The van der Waals surface area contributed by atoms with E-state index in [-0.39, 0.29) is 38.6 Å². The van der Waals surface area contributed by atoms with Crippen LogP contribution < -0.4 is 0 Å². The Kier molecular flexibility index (Phi) is 68.9. The van der Waals surface area contributed by atoms with Crippen LogP contribution in [0, 0.1) is 0 Å². The second-order valence-electron chi connectivity index (χ2n) is 25.1. The van der Waals surface area contributed by atoms with Gasteiger partial charge in [-0.15, -0.1) is 0 Å². The third kappa shape index (κ3) is 75.1. The second kappa shape index (κ2) is 73.7. The molecule has 0 fully saturated rings. The molecule has 9 heteroatoms. The predicted molar refractivity (Wildman–Crippen MR) is 409 cm³/mol. The van der Waals surface area contributed by atoms with Gasteiger partial charge in [-0.25, -0.2) is 4.79 Å². The van der Waals surface area contributed by atoms with E-state index < -0.39 is 24.3 Å². The molecule has 2 unspecified atom stereocenters. The van der Waals surface area contributed by atoms with Crippen molar-refractivity contribution in [3.05, 3.63) is 207 Å². The van der Waals surface area contributed by atoms with Crippen molar-refractivity contribution in [1.82, 2.24) is 0 Å². The summed E-state index contributed by atoms with van der Waals surface area (Å²) in [4.78, 5) is 37.7. The lowest BCUT2D eigenvalue weighted by Crippen LogP contribution is -2.40. The highest BCUT2D eigenvalue weighted by Gasteiger charge is 2.25. The van der Waals surface area contributed by atoms with Crippen LogP contribution in [0.4, 0.5) is 0 Å². The molecule has 0 amide bonds. The van der Waals surface area contributed by atoms with Crippen molar-refractivity contribution in [2.45, 2.75) is 270 Å². The van der Waals surface area contributed by atoms with E-state index in [4.69, 9.17) is 18.9 Å². The standard InChI is InChI=1S/C86H135NO8/c1-6-8-10-12-14-16-18-20-22-24-26-28-30-32-34-36-38-39-40-41-42-43-44-45-47-48-50-52-54-56-58-60-62-64-66-68-70-72-74-76-83(88)93-80-82(81-94-86(85(90)91)92-79-78-87(3,4)5)95-84(89)77-75-73-71-69-67-65-63-61-59-57-55-53-51-49-46-37-35-33-31-29-27-25-23-21-19-17-15-13-11-9-7-2/h8-11,14-17,20-23,26-29,32-35,38-39,41-42,44-46,49,53,55,59,61,65,67,82,86H,6-7,12-13,18-19,24-25,30-31,36-37,40,43,47-48,50-52,54,56-58,60,62-64,66,68-81H2,1-5H3/p+1/b10-8-,11-9-,16-14-,17-15-,22-20-,23-21-,28-26-,29-27-,34-32-,35-33-,39-38-,42-41-,45-44-,49-46-,55-53-,61-59-,67-65-. The highest BCUT2D eigenvalue weighted by atomic mass is 16.7. The highest BCUT2D eigenvalue weighted by molar-refractivity contribution is 5.71. The largest absolute Gasteiger partial charge is 0.477 e. The SMILES string of the molecule is CC/C=C\C/C=C\C/C=C\C/C=C\C/C=C\C/C=C\C/C=C\C/C=C\C/C=C\CCCCCC(=O)OC(COC(=O)CCCCCCCCCCCCCCCC/C=C\C/C=C\C/C=C\C/C=C\C/C=C\C/C=C\C/C=C\C/C=C\CC)COC(OCC[N+](C)(C)C)C(=O)O. The molecule has 1 N–H and O–H groups in total. The number of carboxylic acid groups (broad SMARTS) is 1. The number of carboxylic acids is 1. The third-order valence-electron chi connectivity index (χ3n) is 15.0. The topological polar surface area (TPSA) is 108 Å². The Bertz CT molecular complexity index is 2320. The Morgan fingerprint density at radius 3 is 0.853 bits per heavy atom. The number of unbranched alkanes of at least 4 members (excludes halogenated alkanes) is 17. The maximum Gasteiger partial charge on any atom is 0.361 e. The van der Waals surface area contributed by atoms with E-state index in [1.807, 2.05) is 21.1 Å². The minimum Gasteiger partial charge on any atom is -0.477 e. The van der Waals surface area contributed by atoms with Crippen molar-refractivity contribution >= 4 is 17.9 Å². The molecule has 0 aliphatic carbocycles. The first-order valence-electron chi connectivity index (χ1n) is 37.2. The van der Waals surface area contributed by atoms with Crippen molar-refractivity contribution in [3.63, 3.8) is 0 Å². The van der Waals surface area contributed by atoms with Crippen LogP contribution in [0.1, 0.15) is 258 Å². The molecule has 0 aromatic rings. The monoisotopic (exact) mass is 1310 g/mol. The number of carbonyl (C=O) groups is 3. The molecule has 0 heterocycles. The number of likely N-dealkylation sites (N-methyl/N-ethyl adjacent to an activating group) is 1. The minimum atomic E-state index is -1.53. The molecule has 532 valence electrons. The van der Waals surface area contributed by atoms with Gasteiger partial charge in [0.05, 0.1) is 34.4 Å². The lowest BCUT2D eigenvalue weighted by molar-refractivity contribution is -0.870. The molecule has 0 aliphatic heterocycles. The summed E-state index contributed by atoms with van der Waals surface area (Å²) in [6.07, 6.45) is 112. The van der Waals surface area contributed by atoms with Gasteiger partial charge in [-0.2, -0.15) is 0 Å². The molecule has 0 rings (SSSR count). The molecule has 95 heavy (non-hydrogen) atoms. The van der Waals surface area contributed by atoms with E-state index >= 15 is 0 Å². The van der Waals surface area contributed by atoms with Gasteiger partial charge >= 0.3 is 17.9 Å².